The van der Waals surface area contributed by atoms with E-state index in [1.165, 1.54) is 0 Å². The van der Waals surface area contributed by atoms with Gasteiger partial charge < -0.3 is 10.6 Å². The third-order valence-electron chi connectivity index (χ3n) is 2.89. The van der Waals surface area contributed by atoms with E-state index < -0.39 is 26.5 Å². The second-order valence-electron chi connectivity index (χ2n) is 4.95. The molecule has 9 heteroatoms. The number of allylic oxidation sites excluding steroid dienone is 1. The number of halogens is 3. The molecular weight excluding hydrogens is 319 g/mol. The minimum atomic E-state index is -4.59. The highest BCUT2D eigenvalue weighted by Crippen LogP contribution is 2.38. The van der Waals surface area contributed by atoms with E-state index in [1.54, 1.807) is 19.9 Å². The first-order valence-electron chi connectivity index (χ1n) is 6.21. The van der Waals surface area contributed by atoms with Crippen molar-refractivity contribution in [2.24, 2.45) is 0 Å². The normalized spacial score (nSPS) is 16.8. The number of nitriles is 1. The van der Waals surface area contributed by atoms with E-state index in [9.17, 15) is 21.6 Å². The summed E-state index contributed by atoms with van der Waals surface area (Å²) in [6.45, 7) is 3.41. The van der Waals surface area contributed by atoms with Gasteiger partial charge >= 0.3 is 6.18 Å². The van der Waals surface area contributed by atoms with Crippen molar-refractivity contribution in [1.82, 2.24) is 5.32 Å². The van der Waals surface area contributed by atoms with E-state index in [-0.39, 0.29) is 22.4 Å². The third kappa shape index (κ3) is 2.74. The van der Waals surface area contributed by atoms with Gasteiger partial charge in [-0.2, -0.15) is 18.4 Å². The van der Waals surface area contributed by atoms with E-state index in [0.29, 0.717) is 12.1 Å². The van der Waals surface area contributed by atoms with Crippen LogP contribution in [0.25, 0.3) is 0 Å². The predicted octanol–water partition coefficient (Wildman–Crippen LogP) is 2.60. The lowest BCUT2D eigenvalue weighted by Gasteiger charge is -2.24. The number of hydrogen-bond donors (Lipinski definition) is 2. The quantitative estimate of drug-likeness (QED) is 0.870. The van der Waals surface area contributed by atoms with Crippen LogP contribution in [0, 0.1) is 11.3 Å². The maximum absolute atomic E-state index is 12.7. The van der Waals surface area contributed by atoms with Gasteiger partial charge in [0.25, 0.3) is 0 Å². The Hall–Kier alpha value is -2.21. The Labute approximate surface area is 125 Å². The summed E-state index contributed by atoms with van der Waals surface area (Å²) in [5.74, 6) is -0.121. The van der Waals surface area contributed by atoms with Crippen molar-refractivity contribution in [3.8, 4) is 6.07 Å². The zero-order valence-electron chi connectivity index (χ0n) is 11.6. The Bertz CT molecular complexity index is 790. The van der Waals surface area contributed by atoms with Gasteiger partial charge in [0.2, 0.25) is 9.84 Å². The molecule has 5 nitrogen and oxygen atoms in total. The molecule has 0 radical (unpaired) electrons. The molecule has 22 heavy (non-hydrogen) atoms. The highest BCUT2D eigenvalue weighted by atomic mass is 32.2. The first-order chi connectivity index (χ1) is 10.1. The molecule has 0 fully saturated rings. The number of rotatable bonds is 2. The molecule has 0 spiro atoms. The number of anilines is 1. The Balaban J connectivity index is 2.64. The molecule has 0 aromatic heterocycles. The Morgan fingerprint density at radius 1 is 1.32 bits per heavy atom. The van der Waals surface area contributed by atoms with Gasteiger partial charge in [0.05, 0.1) is 16.1 Å². The van der Waals surface area contributed by atoms with Gasteiger partial charge in [0.1, 0.15) is 11.9 Å². The first-order valence-corrected chi connectivity index (χ1v) is 7.70. The van der Waals surface area contributed by atoms with E-state index >= 15 is 0 Å². The van der Waals surface area contributed by atoms with Crippen LogP contribution in [0.2, 0.25) is 0 Å². The largest absolute Gasteiger partial charge is 0.416 e. The Kier molecular flexibility index (Phi) is 3.83. The van der Waals surface area contributed by atoms with E-state index in [0.717, 1.165) is 6.07 Å². The lowest BCUT2D eigenvalue weighted by Crippen LogP contribution is -2.32. The van der Waals surface area contributed by atoms with Gasteiger partial charge in [-0.3, -0.25) is 0 Å². The van der Waals surface area contributed by atoms with Crippen LogP contribution in [0.4, 0.5) is 18.9 Å². The van der Waals surface area contributed by atoms with Gasteiger partial charge in [0, 0.05) is 6.04 Å². The summed E-state index contributed by atoms with van der Waals surface area (Å²) < 4.78 is 62.9. The fraction of sp³-hybridized carbons (Fsp3) is 0.308. The molecule has 0 unspecified atom stereocenters. The van der Waals surface area contributed by atoms with Crippen molar-refractivity contribution < 1.29 is 21.6 Å². The molecule has 0 amide bonds. The molecule has 1 aliphatic rings. The monoisotopic (exact) mass is 331 g/mol. The molecule has 0 saturated heterocycles. The minimum Gasteiger partial charge on any atom is -0.368 e. The molecule has 1 aromatic carbocycles. The highest BCUT2D eigenvalue weighted by Gasteiger charge is 2.36. The molecule has 1 aromatic rings. The number of benzene rings is 1. The van der Waals surface area contributed by atoms with Crippen LogP contribution in [0.3, 0.4) is 0 Å². The van der Waals surface area contributed by atoms with Crippen molar-refractivity contribution in [3.05, 3.63) is 34.5 Å². The second-order valence-corrected chi connectivity index (χ2v) is 6.81. The van der Waals surface area contributed by atoms with Crippen LogP contribution in [-0.4, -0.2) is 14.5 Å². The van der Waals surface area contributed by atoms with Gasteiger partial charge in [-0.05, 0) is 32.0 Å². The van der Waals surface area contributed by atoms with Gasteiger partial charge in [-0.15, -0.1) is 0 Å². The molecule has 0 saturated carbocycles. The maximum Gasteiger partial charge on any atom is 0.416 e. The predicted molar refractivity (Wildman–Crippen MR) is 73.2 cm³/mol. The SMILES string of the molecule is CC(C)NC1=C(C#N)S(=O)(=O)c2ccc(C(F)(F)F)cc2N1. The zero-order chi connectivity index (χ0) is 16.7. The van der Waals surface area contributed by atoms with Crippen molar-refractivity contribution in [3.63, 3.8) is 0 Å². The van der Waals surface area contributed by atoms with E-state index in [2.05, 4.69) is 10.6 Å². The number of nitrogens with zero attached hydrogens (tertiary/aromatic N) is 1. The van der Waals surface area contributed by atoms with E-state index in [4.69, 9.17) is 5.26 Å². The number of nitrogens with one attached hydrogen (secondary N) is 2. The molecule has 1 heterocycles. The second kappa shape index (κ2) is 5.21. The van der Waals surface area contributed by atoms with Crippen LogP contribution >= 0.6 is 0 Å². The smallest absolute Gasteiger partial charge is 0.368 e. The lowest BCUT2D eigenvalue weighted by molar-refractivity contribution is -0.137. The molecule has 0 atom stereocenters. The number of fused-ring (bicyclic) bond motifs is 1. The van der Waals surface area contributed by atoms with Gasteiger partial charge in [-0.25, -0.2) is 8.42 Å². The third-order valence-corrected chi connectivity index (χ3v) is 4.65. The fourth-order valence-corrected chi connectivity index (χ4v) is 3.35. The highest BCUT2D eigenvalue weighted by molar-refractivity contribution is 7.95. The summed E-state index contributed by atoms with van der Waals surface area (Å²) in [5.41, 5.74) is -1.18. The molecule has 2 N–H and O–H groups in total. The van der Waals surface area contributed by atoms with Crippen LogP contribution in [-0.2, 0) is 16.0 Å². The van der Waals surface area contributed by atoms with Crippen molar-refractivity contribution in [2.75, 3.05) is 5.32 Å². The molecular formula is C13H12F3N3O2S. The molecule has 2 rings (SSSR count). The summed E-state index contributed by atoms with van der Waals surface area (Å²) in [6, 6.07) is 3.60. The van der Waals surface area contributed by atoms with Crippen molar-refractivity contribution in [1.29, 1.82) is 5.26 Å². The van der Waals surface area contributed by atoms with E-state index in [1.807, 2.05) is 0 Å². The number of hydrogen-bond acceptors (Lipinski definition) is 5. The van der Waals surface area contributed by atoms with Crippen molar-refractivity contribution >= 4 is 15.5 Å². The van der Waals surface area contributed by atoms with Crippen LogP contribution in [0.15, 0.2) is 33.8 Å². The van der Waals surface area contributed by atoms with Gasteiger partial charge in [0.15, 0.2) is 4.91 Å². The fourth-order valence-electron chi connectivity index (χ4n) is 1.98. The zero-order valence-corrected chi connectivity index (χ0v) is 12.4. The number of alkyl halides is 3. The average molecular weight is 331 g/mol. The molecule has 1 aliphatic heterocycles. The van der Waals surface area contributed by atoms with Crippen molar-refractivity contribution in [2.45, 2.75) is 31.0 Å². The topological polar surface area (TPSA) is 82.0 Å². The Morgan fingerprint density at radius 3 is 2.45 bits per heavy atom. The Morgan fingerprint density at radius 2 is 1.95 bits per heavy atom. The summed E-state index contributed by atoms with van der Waals surface area (Å²) in [6.07, 6.45) is -4.59. The molecule has 118 valence electrons. The summed E-state index contributed by atoms with van der Waals surface area (Å²) in [4.78, 5) is -0.903. The molecule has 0 aliphatic carbocycles. The van der Waals surface area contributed by atoms with Gasteiger partial charge in [-0.1, -0.05) is 0 Å². The molecule has 0 bridgehead atoms. The number of sulfone groups is 1. The van der Waals surface area contributed by atoms with Crippen LogP contribution in [0.5, 0.6) is 0 Å². The standard InChI is InChI=1S/C13H12F3N3O2S/c1-7(2)18-12-11(6-17)22(20,21)10-4-3-8(13(14,15)16)5-9(10)19-12/h3-5,7,18-19H,1-2H3. The summed E-state index contributed by atoms with van der Waals surface area (Å²) in [7, 11) is -4.16. The summed E-state index contributed by atoms with van der Waals surface area (Å²) >= 11 is 0. The summed E-state index contributed by atoms with van der Waals surface area (Å²) in [5, 5.41) is 14.4. The minimum absolute atomic E-state index is 0.121. The maximum atomic E-state index is 12.7. The van der Waals surface area contributed by atoms with Crippen LogP contribution < -0.4 is 10.6 Å². The lowest BCUT2D eigenvalue weighted by atomic mass is 10.2. The average Bonchev–Trinajstić information content (AvgIpc) is 2.36. The first kappa shape index (κ1) is 16.2. The van der Waals surface area contributed by atoms with Crippen LogP contribution in [0.1, 0.15) is 19.4 Å².